The van der Waals surface area contributed by atoms with Crippen molar-refractivity contribution in [3.05, 3.63) is 29.6 Å². The van der Waals surface area contributed by atoms with E-state index in [0.717, 1.165) is 0 Å². The number of aliphatic hydroxyl groups is 1. The summed E-state index contributed by atoms with van der Waals surface area (Å²) in [6, 6.07) is 4.74. The molecule has 0 saturated carbocycles. The van der Waals surface area contributed by atoms with Crippen LogP contribution in [-0.2, 0) is 19.9 Å². The van der Waals surface area contributed by atoms with Gasteiger partial charge in [0.2, 0.25) is 5.79 Å². The molecule has 0 fully saturated rings. The van der Waals surface area contributed by atoms with E-state index in [1.165, 1.54) is 27.2 Å². The van der Waals surface area contributed by atoms with Crippen LogP contribution in [0.3, 0.4) is 0 Å². The van der Waals surface area contributed by atoms with Crippen molar-refractivity contribution in [1.82, 2.24) is 4.98 Å². The molecule has 0 aliphatic carbocycles. The van der Waals surface area contributed by atoms with Crippen molar-refractivity contribution in [3.8, 4) is 11.5 Å². The number of ether oxygens (including phenoxy) is 3. The number of nitrogens with zero attached hydrogens (tertiary/aromatic N) is 1. The van der Waals surface area contributed by atoms with E-state index in [9.17, 15) is 15.0 Å². The molecule has 2 N–H and O–H groups in total. The maximum atomic E-state index is 11.9. The van der Waals surface area contributed by atoms with Crippen LogP contribution >= 0.6 is 0 Å². The standard InChI is InChI=1S/C17H19NO6/c1-9-5-10-6-11(19)7-12-14(10)15(18-9)17(21,8-13(20)22-3)16(2,23-4)24-12/h5-7,19,21H,8H2,1-4H3/t16-,17+/m1/s1. The molecule has 0 amide bonds. The second-order valence-electron chi connectivity index (χ2n) is 6.02. The first-order valence-corrected chi connectivity index (χ1v) is 7.42. The van der Waals surface area contributed by atoms with E-state index in [4.69, 9.17) is 14.2 Å². The van der Waals surface area contributed by atoms with Crippen molar-refractivity contribution < 1.29 is 29.2 Å². The Morgan fingerprint density at radius 2 is 2.04 bits per heavy atom. The average Bonchev–Trinajstić information content (AvgIpc) is 2.51. The number of rotatable bonds is 3. The number of aromatic hydroxyl groups is 1. The van der Waals surface area contributed by atoms with Gasteiger partial charge in [0, 0.05) is 31.2 Å². The number of hydrogen-bond donors (Lipinski definition) is 2. The van der Waals surface area contributed by atoms with Crippen molar-refractivity contribution in [3.63, 3.8) is 0 Å². The van der Waals surface area contributed by atoms with Gasteiger partial charge in [0.1, 0.15) is 11.5 Å². The lowest BCUT2D eigenvalue weighted by Crippen LogP contribution is -2.58. The highest BCUT2D eigenvalue weighted by atomic mass is 16.7. The van der Waals surface area contributed by atoms with E-state index in [-0.39, 0.29) is 17.9 Å². The molecule has 0 bridgehead atoms. The number of aryl methyl sites for hydroxylation is 1. The molecule has 1 aromatic heterocycles. The van der Waals surface area contributed by atoms with Gasteiger partial charge in [-0.3, -0.25) is 9.78 Å². The third kappa shape index (κ3) is 2.20. The number of phenolic OH excluding ortho intramolecular Hbond substituents is 1. The molecule has 7 nitrogen and oxygen atoms in total. The first-order chi connectivity index (χ1) is 11.2. The molecular formula is C17H19NO6. The summed E-state index contributed by atoms with van der Waals surface area (Å²) < 4.78 is 16.0. The Morgan fingerprint density at radius 3 is 2.67 bits per heavy atom. The third-order valence-electron chi connectivity index (χ3n) is 4.47. The minimum absolute atomic E-state index is 0.0194. The van der Waals surface area contributed by atoms with Crippen molar-refractivity contribution >= 4 is 16.7 Å². The van der Waals surface area contributed by atoms with Crippen LogP contribution in [0.2, 0.25) is 0 Å². The van der Waals surface area contributed by atoms with Gasteiger partial charge in [-0.25, -0.2) is 0 Å². The van der Waals surface area contributed by atoms with Gasteiger partial charge in [-0.15, -0.1) is 0 Å². The molecule has 0 radical (unpaired) electrons. The molecule has 1 aliphatic rings. The molecule has 128 valence electrons. The van der Waals surface area contributed by atoms with Crippen molar-refractivity contribution in [1.29, 1.82) is 0 Å². The smallest absolute Gasteiger partial charge is 0.309 e. The number of aromatic nitrogens is 1. The summed E-state index contributed by atoms with van der Waals surface area (Å²) in [7, 11) is 2.60. The Hall–Kier alpha value is -2.38. The van der Waals surface area contributed by atoms with Crippen LogP contribution in [0.5, 0.6) is 11.5 Å². The fourth-order valence-electron chi connectivity index (χ4n) is 3.10. The van der Waals surface area contributed by atoms with Crippen LogP contribution in [-0.4, -0.2) is 41.2 Å². The molecule has 0 saturated heterocycles. The quantitative estimate of drug-likeness (QED) is 0.826. The summed E-state index contributed by atoms with van der Waals surface area (Å²) in [5.41, 5.74) is -0.977. The molecule has 0 unspecified atom stereocenters. The number of carbonyl (C=O) groups excluding carboxylic acids is 1. The third-order valence-corrected chi connectivity index (χ3v) is 4.47. The van der Waals surface area contributed by atoms with Crippen molar-refractivity contribution in [2.75, 3.05) is 14.2 Å². The summed E-state index contributed by atoms with van der Waals surface area (Å²) in [5, 5.41) is 22.5. The van der Waals surface area contributed by atoms with Gasteiger partial charge in [-0.2, -0.15) is 0 Å². The molecule has 2 atom stereocenters. The van der Waals surface area contributed by atoms with Gasteiger partial charge in [-0.05, 0) is 24.4 Å². The molecule has 3 rings (SSSR count). The Bertz CT molecular complexity index is 830. The predicted octanol–water partition coefficient (Wildman–Crippen LogP) is 1.75. The Kier molecular flexibility index (Phi) is 3.65. The summed E-state index contributed by atoms with van der Waals surface area (Å²) in [4.78, 5) is 16.3. The maximum Gasteiger partial charge on any atom is 0.309 e. The van der Waals surface area contributed by atoms with Crippen LogP contribution in [0.15, 0.2) is 18.2 Å². The predicted molar refractivity (Wildman–Crippen MR) is 84.7 cm³/mol. The normalized spacial score (nSPS) is 25.4. The highest BCUT2D eigenvalue weighted by molar-refractivity contribution is 5.94. The van der Waals surface area contributed by atoms with E-state index < -0.39 is 17.4 Å². The maximum absolute atomic E-state index is 11.9. The number of methoxy groups -OCH3 is 2. The lowest BCUT2D eigenvalue weighted by Gasteiger charge is -2.46. The molecule has 1 aromatic carbocycles. The summed E-state index contributed by atoms with van der Waals surface area (Å²) in [5.74, 6) is -1.87. The van der Waals surface area contributed by atoms with Gasteiger partial charge >= 0.3 is 5.97 Å². The van der Waals surface area contributed by atoms with Crippen molar-refractivity contribution in [2.24, 2.45) is 0 Å². The fraction of sp³-hybridized carbons (Fsp3) is 0.412. The van der Waals surface area contributed by atoms with E-state index in [2.05, 4.69) is 4.98 Å². The Labute approximate surface area is 138 Å². The van der Waals surface area contributed by atoms with Gasteiger partial charge < -0.3 is 24.4 Å². The SMILES string of the molecule is COC(=O)C[C@]1(O)c2nc(C)cc3cc(O)cc(c23)O[C@@]1(C)OC. The van der Waals surface area contributed by atoms with Gasteiger partial charge in [-0.1, -0.05) is 0 Å². The summed E-state index contributed by atoms with van der Waals surface area (Å²) >= 11 is 0. The molecule has 24 heavy (non-hydrogen) atoms. The first-order valence-electron chi connectivity index (χ1n) is 7.42. The van der Waals surface area contributed by atoms with E-state index in [1.54, 1.807) is 19.1 Å². The van der Waals surface area contributed by atoms with E-state index >= 15 is 0 Å². The van der Waals surface area contributed by atoms with Gasteiger partial charge in [0.05, 0.1) is 19.2 Å². The zero-order chi connectivity index (χ0) is 17.7. The van der Waals surface area contributed by atoms with Crippen LogP contribution in [0.4, 0.5) is 0 Å². The minimum atomic E-state index is -1.86. The van der Waals surface area contributed by atoms with Crippen LogP contribution in [0.25, 0.3) is 10.8 Å². The lowest BCUT2D eigenvalue weighted by molar-refractivity contribution is -0.274. The van der Waals surface area contributed by atoms with Gasteiger partial charge in [0.15, 0.2) is 5.60 Å². The topological polar surface area (TPSA) is 98.1 Å². The number of esters is 1. The summed E-state index contributed by atoms with van der Waals surface area (Å²) in [6.45, 7) is 3.27. The number of carbonyl (C=O) groups is 1. The van der Waals surface area contributed by atoms with E-state index in [0.29, 0.717) is 22.2 Å². The molecule has 1 aliphatic heterocycles. The number of benzene rings is 1. The molecule has 0 spiro atoms. The molecular weight excluding hydrogens is 314 g/mol. The number of hydrogen-bond acceptors (Lipinski definition) is 7. The largest absolute Gasteiger partial charge is 0.508 e. The monoisotopic (exact) mass is 333 g/mol. The zero-order valence-corrected chi connectivity index (χ0v) is 13.9. The molecule has 2 heterocycles. The van der Waals surface area contributed by atoms with Gasteiger partial charge in [0.25, 0.3) is 0 Å². The van der Waals surface area contributed by atoms with Crippen LogP contribution in [0.1, 0.15) is 24.7 Å². The lowest BCUT2D eigenvalue weighted by atomic mass is 9.81. The highest BCUT2D eigenvalue weighted by Gasteiger charge is 2.57. The van der Waals surface area contributed by atoms with Crippen molar-refractivity contribution in [2.45, 2.75) is 31.7 Å². The zero-order valence-electron chi connectivity index (χ0n) is 13.9. The van der Waals surface area contributed by atoms with Crippen LogP contribution < -0.4 is 4.74 Å². The Balaban J connectivity index is 2.37. The highest BCUT2D eigenvalue weighted by Crippen LogP contribution is 2.50. The second kappa shape index (κ2) is 5.32. The van der Waals surface area contributed by atoms with E-state index in [1.807, 2.05) is 0 Å². The van der Waals surface area contributed by atoms with Crippen LogP contribution in [0, 0.1) is 6.92 Å². The number of phenols is 1. The molecule has 7 heteroatoms. The first kappa shape index (κ1) is 16.5. The fourth-order valence-corrected chi connectivity index (χ4v) is 3.10. The molecule has 2 aromatic rings. The minimum Gasteiger partial charge on any atom is -0.508 e. The average molecular weight is 333 g/mol. The summed E-state index contributed by atoms with van der Waals surface area (Å²) in [6.07, 6.45) is -0.389. The number of pyridine rings is 1. The Morgan fingerprint density at radius 1 is 1.33 bits per heavy atom. The second-order valence-corrected chi connectivity index (χ2v) is 6.02.